The Morgan fingerprint density at radius 2 is 1.94 bits per heavy atom. The quantitative estimate of drug-likeness (QED) is 0.751. The van der Waals surface area contributed by atoms with Crippen molar-refractivity contribution in [3.63, 3.8) is 0 Å². The van der Waals surface area contributed by atoms with Crippen molar-refractivity contribution < 1.29 is 9.90 Å². The highest BCUT2D eigenvalue weighted by molar-refractivity contribution is 5.82. The number of tetrazole rings is 1. The molecule has 7 nitrogen and oxygen atoms in total. The van der Waals surface area contributed by atoms with Gasteiger partial charge in [0, 0.05) is 12.3 Å². The molecular weight excluding hydrogens is 224 g/mol. The predicted molar refractivity (Wildman–Crippen MR) is 58.6 cm³/mol. The van der Waals surface area contributed by atoms with Crippen molar-refractivity contribution in [3.05, 3.63) is 46.9 Å². The molecule has 1 aromatic heterocycles. The smallest absolute Gasteiger partial charge is 0.372 e. The molecule has 0 bridgehead atoms. The molecule has 86 valence electrons. The Morgan fingerprint density at radius 1 is 1.24 bits per heavy atom. The summed E-state index contributed by atoms with van der Waals surface area (Å²) in [4.78, 5) is 22.0. The number of hydrogen-bond donors (Lipinski definition) is 1. The zero-order valence-electron chi connectivity index (χ0n) is 8.59. The summed E-state index contributed by atoms with van der Waals surface area (Å²) in [6, 6.07) is 8.72. The van der Waals surface area contributed by atoms with E-state index < -0.39 is 11.7 Å². The maximum atomic E-state index is 11.7. The molecule has 0 saturated carbocycles. The van der Waals surface area contributed by atoms with E-state index in [0.717, 1.165) is 21.6 Å². The number of carbonyl (C=O) groups is 1. The van der Waals surface area contributed by atoms with Gasteiger partial charge in [-0.15, -0.1) is 0 Å². The van der Waals surface area contributed by atoms with Crippen LogP contribution in [0.15, 0.2) is 41.2 Å². The normalized spacial score (nSPS) is 10.8. The van der Waals surface area contributed by atoms with Gasteiger partial charge in [0.25, 0.3) is 0 Å². The summed E-state index contributed by atoms with van der Waals surface area (Å²) in [5.41, 5.74) is 0.0289. The van der Waals surface area contributed by atoms with Gasteiger partial charge in [0.15, 0.2) is 0 Å². The fraction of sp³-hybridized carbons (Fsp3) is 0. The number of aliphatic carboxylic acids is 1. The molecule has 0 radical (unpaired) electrons. The van der Waals surface area contributed by atoms with E-state index in [2.05, 4.69) is 10.4 Å². The zero-order valence-corrected chi connectivity index (χ0v) is 8.59. The summed E-state index contributed by atoms with van der Waals surface area (Å²) >= 11 is 0. The summed E-state index contributed by atoms with van der Waals surface area (Å²) < 4.78 is 1.92. The lowest BCUT2D eigenvalue weighted by atomic mass is 10.3. The fourth-order valence-electron chi connectivity index (χ4n) is 1.22. The first-order valence-corrected chi connectivity index (χ1v) is 4.69. The molecular formula is C10H8N4O3. The highest BCUT2D eigenvalue weighted by Gasteiger charge is 2.05. The number of para-hydroxylation sites is 1. The van der Waals surface area contributed by atoms with Crippen LogP contribution in [0.4, 0.5) is 0 Å². The molecule has 0 unspecified atom stereocenters. The van der Waals surface area contributed by atoms with Gasteiger partial charge in [-0.2, -0.15) is 9.36 Å². The van der Waals surface area contributed by atoms with Crippen LogP contribution in [0.1, 0.15) is 0 Å². The number of nitrogens with zero attached hydrogens (tertiary/aromatic N) is 4. The molecule has 1 N–H and O–H groups in total. The van der Waals surface area contributed by atoms with Crippen molar-refractivity contribution in [3.8, 4) is 5.69 Å². The van der Waals surface area contributed by atoms with E-state index in [1.165, 1.54) is 0 Å². The van der Waals surface area contributed by atoms with Gasteiger partial charge in [-0.1, -0.05) is 18.2 Å². The van der Waals surface area contributed by atoms with Gasteiger partial charge in [0.1, 0.15) is 0 Å². The van der Waals surface area contributed by atoms with Crippen LogP contribution >= 0.6 is 0 Å². The summed E-state index contributed by atoms with van der Waals surface area (Å²) in [5.74, 6) is -1.16. The monoisotopic (exact) mass is 232 g/mol. The number of aromatic nitrogens is 4. The van der Waals surface area contributed by atoms with E-state index in [9.17, 15) is 9.59 Å². The van der Waals surface area contributed by atoms with Crippen molar-refractivity contribution in [1.82, 2.24) is 19.8 Å². The van der Waals surface area contributed by atoms with Crippen LogP contribution in [0.25, 0.3) is 11.9 Å². The Balaban J connectivity index is 2.41. The average molecular weight is 232 g/mol. The van der Waals surface area contributed by atoms with Crippen LogP contribution in [-0.2, 0) is 4.79 Å². The van der Waals surface area contributed by atoms with Gasteiger partial charge in [-0.05, 0) is 22.6 Å². The average Bonchev–Trinajstić information content (AvgIpc) is 2.69. The fourth-order valence-corrected chi connectivity index (χ4v) is 1.22. The third-order valence-corrected chi connectivity index (χ3v) is 1.96. The Bertz CT molecular complexity index is 612. The Labute approximate surface area is 95.2 Å². The van der Waals surface area contributed by atoms with Crippen molar-refractivity contribution in [2.45, 2.75) is 0 Å². The highest BCUT2D eigenvalue weighted by atomic mass is 16.4. The second-order valence-electron chi connectivity index (χ2n) is 3.11. The summed E-state index contributed by atoms with van der Waals surface area (Å²) in [5, 5.41) is 15.6. The molecule has 0 fully saturated rings. The van der Waals surface area contributed by atoms with Crippen LogP contribution in [0, 0.1) is 0 Å². The number of rotatable bonds is 3. The van der Waals surface area contributed by atoms with Gasteiger partial charge in [0.2, 0.25) is 0 Å². The lowest BCUT2D eigenvalue weighted by Crippen LogP contribution is -2.21. The minimum absolute atomic E-state index is 0.534. The topological polar surface area (TPSA) is 90.0 Å². The Morgan fingerprint density at radius 3 is 2.59 bits per heavy atom. The van der Waals surface area contributed by atoms with Crippen molar-refractivity contribution in [2.24, 2.45) is 0 Å². The maximum absolute atomic E-state index is 11.7. The van der Waals surface area contributed by atoms with Crippen LogP contribution < -0.4 is 5.69 Å². The third kappa shape index (κ3) is 2.28. The SMILES string of the molecule is O=C(O)C=Cn1nnn(-c2ccccc2)c1=O. The van der Waals surface area contributed by atoms with Crippen molar-refractivity contribution in [1.29, 1.82) is 0 Å². The molecule has 0 aliphatic heterocycles. The molecule has 0 aliphatic carbocycles. The molecule has 0 aliphatic rings. The van der Waals surface area contributed by atoms with Crippen molar-refractivity contribution in [2.75, 3.05) is 0 Å². The van der Waals surface area contributed by atoms with Crippen LogP contribution in [0.5, 0.6) is 0 Å². The molecule has 2 rings (SSSR count). The third-order valence-electron chi connectivity index (χ3n) is 1.96. The Hall–Kier alpha value is -2.70. The molecule has 0 saturated heterocycles. The van der Waals surface area contributed by atoms with Gasteiger partial charge in [0.05, 0.1) is 5.69 Å². The molecule has 0 amide bonds. The largest absolute Gasteiger partial charge is 0.478 e. The van der Waals surface area contributed by atoms with Gasteiger partial charge in [-0.3, -0.25) is 0 Å². The molecule has 1 aromatic carbocycles. The van der Waals surface area contributed by atoms with E-state index >= 15 is 0 Å². The van der Waals surface area contributed by atoms with E-state index in [-0.39, 0.29) is 0 Å². The van der Waals surface area contributed by atoms with E-state index in [1.54, 1.807) is 24.3 Å². The van der Waals surface area contributed by atoms with Gasteiger partial charge >= 0.3 is 11.7 Å². The van der Waals surface area contributed by atoms with E-state index in [1.807, 2.05) is 6.07 Å². The maximum Gasteiger partial charge on any atom is 0.372 e. The predicted octanol–water partition coefficient (Wildman–Crippen LogP) is -0.0157. The first-order valence-electron chi connectivity index (χ1n) is 4.69. The van der Waals surface area contributed by atoms with Gasteiger partial charge < -0.3 is 5.11 Å². The minimum Gasteiger partial charge on any atom is -0.478 e. The van der Waals surface area contributed by atoms with E-state index in [4.69, 9.17) is 5.11 Å². The Kier molecular flexibility index (Phi) is 2.82. The standard InChI is InChI=1S/C10H8N4O3/c15-9(16)6-7-13-10(17)14(12-11-13)8-4-2-1-3-5-8/h1-7H,(H,15,16). The summed E-state index contributed by atoms with van der Waals surface area (Å²) in [6.45, 7) is 0. The second kappa shape index (κ2) is 4.44. The summed E-state index contributed by atoms with van der Waals surface area (Å²) in [6.07, 6.45) is 1.85. The number of carboxylic acids is 1. The molecule has 1 heterocycles. The van der Waals surface area contributed by atoms with Crippen LogP contribution in [0.3, 0.4) is 0 Å². The number of carboxylic acid groups (broad SMARTS) is 1. The second-order valence-corrected chi connectivity index (χ2v) is 3.11. The molecule has 7 heteroatoms. The summed E-state index contributed by atoms with van der Waals surface area (Å²) in [7, 11) is 0. The number of hydrogen-bond acceptors (Lipinski definition) is 4. The molecule has 17 heavy (non-hydrogen) atoms. The van der Waals surface area contributed by atoms with Crippen LogP contribution in [0.2, 0.25) is 0 Å². The first-order chi connectivity index (χ1) is 8.18. The first kappa shape index (κ1) is 10.8. The number of benzene rings is 1. The highest BCUT2D eigenvalue weighted by Crippen LogP contribution is 2.00. The molecule has 0 atom stereocenters. The zero-order chi connectivity index (χ0) is 12.3. The molecule has 0 spiro atoms. The van der Waals surface area contributed by atoms with Gasteiger partial charge in [-0.25, -0.2) is 9.59 Å². The molecule has 2 aromatic rings. The minimum atomic E-state index is -1.16. The lowest BCUT2D eigenvalue weighted by molar-refractivity contribution is -0.131. The van der Waals surface area contributed by atoms with Crippen molar-refractivity contribution >= 4 is 12.2 Å². The van der Waals surface area contributed by atoms with Crippen LogP contribution in [-0.4, -0.2) is 30.9 Å². The van der Waals surface area contributed by atoms with E-state index in [0.29, 0.717) is 5.69 Å². The lowest BCUT2D eigenvalue weighted by Gasteiger charge is -1.94.